The second kappa shape index (κ2) is 4.91. The number of hydrogen-bond donors (Lipinski definition) is 1. The Labute approximate surface area is 116 Å². The molecule has 98 valence electrons. The lowest BCUT2D eigenvalue weighted by atomic mass is 10.0. The molecule has 0 spiro atoms. The van der Waals surface area contributed by atoms with Crippen LogP contribution in [-0.2, 0) is 0 Å². The second-order valence-corrected chi connectivity index (χ2v) is 6.39. The zero-order valence-electron chi connectivity index (χ0n) is 10.5. The highest BCUT2D eigenvalue weighted by molar-refractivity contribution is 9.10. The van der Waals surface area contributed by atoms with Crippen molar-refractivity contribution >= 4 is 15.9 Å². The van der Waals surface area contributed by atoms with Gasteiger partial charge in [0.05, 0.1) is 0 Å². The molecule has 2 heterocycles. The van der Waals surface area contributed by atoms with Crippen LogP contribution in [0.25, 0.3) is 0 Å². The minimum atomic E-state index is -0.105. The molecule has 3 rings (SSSR count). The molecule has 2 nitrogen and oxygen atoms in total. The lowest BCUT2D eigenvalue weighted by molar-refractivity contribution is 0.239. The topological polar surface area (TPSA) is 15.3 Å². The van der Waals surface area contributed by atoms with Crippen LogP contribution in [0.1, 0.15) is 18.5 Å². The van der Waals surface area contributed by atoms with Crippen molar-refractivity contribution in [2.24, 2.45) is 11.8 Å². The molecule has 2 fully saturated rings. The van der Waals surface area contributed by atoms with E-state index in [4.69, 9.17) is 0 Å². The molecule has 2 aliphatic rings. The van der Waals surface area contributed by atoms with Gasteiger partial charge in [0.1, 0.15) is 5.82 Å². The molecule has 1 N–H and O–H groups in total. The van der Waals surface area contributed by atoms with Crippen LogP contribution in [-0.4, -0.2) is 31.1 Å². The SMILES string of the molecule is CC(c1ccc(Br)cc1F)N1CC2CNCC2C1. The molecule has 0 bridgehead atoms. The summed E-state index contributed by atoms with van der Waals surface area (Å²) >= 11 is 3.31. The van der Waals surface area contributed by atoms with E-state index in [1.54, 1.807) is 6.07 Å². The predicted molar refractivity (Wildman–Crippen MR) is 73.9 cm³/mol. The van der Waals surface area contributed by atoms with Crippen molar-refractivity contribution < 1.29 is 4.39 Å². The maximum absolute atomic E-state index is 14.0. The van der Waals surface area contributed by atoms with Gasteiger partial charge in [-0.15, -0.1) is 0 Å². The van der Waals surface area contributed by atoms with Gasteiger partial charge < -0.3 is 5.32 Å². The number of hydrogen-bond acceptors (Lipinski definition) is 2. The van der Waals surface area contributed by atoms with Crippen molar-refractivity contribution in [3.8, 4) is 0 Å². The van der Waals surface area contributed by atoms with Crippen molar-refractivity contribution in [3.63, 3.8) is 0 Å². The fourth-order valence-corrected chi connectivity index (χ4v) is 3.58. The first kappa shape index (κ1) is 12.6. The third-order valence-electron chi connectivity index (χ3n) is 4.38. The van der Waals surface area contributed by atoms with Gasteiger partial charge in [0.15, 0.2) is 0 Å². The van der Waals surface area contributed by atoms with Crippen molar-refractivity contribution in [3.05, 3.63) is 34.1 Å². The van der Waals surface area contributed by atoms with Gasteiger partial charge >= 0.3 is 0 Å². The van der Waals surface area contributed by atoms with Gasteiger partial charge in [0.25, 0.3) is 0 Å². The maximum atomic E-state index is 14.0. The summed E-state index contributed by atoms with van der Waals surface area (Å²) in [4.78, 5) is 2.42. The molecule has 3 unspecified atom stereocenters. The van der Waals surface area contributed by atoms with Crippen molar-refractivity contribution in [2.75, 3.05) is 26.2 Å². The van der Waals surface area contributed by atoms with E-state index in [1.807, 2.05) is 12.1 Å². The van der Waals surface area contributed by atoms with Gasteiger partial charge in [-0.25, -0.2) is 4.39 Å². The first-order chi connectivity index (χ1) is 8.65. The number of likely N-dealkylation sites (tertiary alicyclic amines) is 1. The lowest BCUT2D eigenvalue weighted by Gasteiger charge is -2.26. The Morgan fingerprint density at radius 1 is 1.33 bits per heavy atom. The first-order valence-electron chi connectivity index (χ1n) is 6.55. The number of benzene rings is 1. The smallest absolute Gasteiger partial charge is 0.129 e. The Morgan fingerprint density at radius 2 is 2.00 bits per heavy atom. The Balaban J connectivity index is 1.76. The molecule has 1 aromatic carbocycles. The molecule has 0 radical (unpaired) electrons. The van der Waals surface area contributed by atoms with E-state index in [2.05, 4.69) is 33.1 Å². The molecule has 4 heteroatoms. The van der Waals surface area contributed by atoms with Crippen molar-refractivity contribution in [1.29, 1.82) is 0 Å². The van der Waals surface area contributed by atoms with Crippen LogP contribution < -0.4 is 5.32 Å². The fraction of sp³-hybridized carbons (Fsp3) is 0.571. The Hall–Kier alpha value is -0.450. The third kappa shape index (κ3) is 2.22. The minimum absolute atomic E-state index is 0.105. The summed E-state index contributed by atoms with van der Waals surface area (Å²) < 4.78 is 14.8. The van der Waals surface area contributed by atoms with Gasteiger partial charge in [-0.2, -0.15) is 0 Å². The average Bonchev–Trinajstić information content (AvgIpc) is 2.87. The predicted octanol–water partition coefficient (Wildman–Crippen LogP) is 2.80. The molecule has 3 atom stereocenters. The lowest BCUT2D eigenvalue weighted by Crippen LogP contribution is -2.29. The molecule has 2 aliphatic heterocycles. The van der Waals surface area contributed by atoms with Crippen LogP contribution in [0, 0.1) is 17.7 Å². The van der Waals surface area contributed by atoms with Crippen LogP contribution in [0.5, 0.6) is 0 Å². The van der Waals surface area contributed by atoms with E-state index in [1.165, 1.54) is 0 Å². The average molecular weight is 313 g/mol. The van der Waals surface area contributed by atoms with Crippen LogP contribution in [0.15, 0.2) is 22.7 Å². The van der Waals surface area contributed by atoms with Crippen molar-refractivity contribution in [2.45, 2.75) is 13.0 Å². The van der Waals surface area contributed by atoms with Crippen LogP contribution in [0.2, 0.25) is 0 Å². The summed E-state index contributed by atoms with van der Waals surface area (Å²) in [6.07, 6.45) is 0. The van der Waals surface area contributed by atoms with Gasteiger partial charge in [-0.3, -0.25) is 4.90 Å². The van der Waals surface area contributed by atoms with Crippen LogP contribution in [0.4, 0.5) is 4.39 Å². The first-order valence-corrected chi connectivity index (χ1v) is 7.34. The van der Waals surface area contributed by atoms with Crippen LogP contribution in [0.3, 0.4) is 0 Å². The zero-order chi connectivity index (χ0) is 12.7. The molecule has 0 amide bonds. The maximum Gasteiger partial charge on any atom is 0.129 e. The van der Waals surface area contributed by atoms with Crippen molar-refractivity contribution in [1.82, 2.24) is 10.2 Å². The van der Waals surface area contributed by atoms with Gasteiger partial charge in [0.2, 0.25) is 0 Å². The van der Waals surface area contributed by atoms with Gasteiger partial charge in [0, 0.05) is 29.2 Å². The van der Waals surface area contributed by atoms with E-state index in [0.717, 1.165) is 48.1 Å². The largest absolute Gasteiger partial charge is 0.316 e. The summed E-state index contributed by atoms with van der Waals surface area (Å²) in [6.45, 7) is 6.54. The minimum Gasteiger partial charge on any atom is -0.316 e. The molecule has 2 saturated heterocycles. The summed E-state index contributed by atoms with van der Waals surface area (Å²) in [5.41, 5.74) is 0.811. The van der Waals surface area contributed by atoms with E-state index < -0.39 is 0 Å². The highest BCUT2D eigenvalue weighted by Gasteiger charge is 2.38. The highest BCUT2D eigenvalue weighted by Crippen LogP contribution is 2.34. The number of nitrogens with one attached hydrogen (secondary N) is 1. The second-order valence-electron chi connectivity index (χ2n) is 5.47. The van der Waals surface area contributed by atoms with Gasteiger partial charge in [-0.1, -0.05) is 22.0 Å². The Morgan fingerprint density at radius 3 is 2.61 bits per heavy atom. The summed E-state index contributed by atoms with van der Waals surface area (Å²) in [5.74, 6) is 1.41. The molecular weight excluding hydrogens is 295 g/mol. The standard InChI is InChI=1S/C14H18BrFN2/c1-9(13-3-2-12(15)4-14(13)16)18-7-10-5-17-6-11(10)8-18/h2-4,9-11,17H,5-8H2,1H3. The monoisotopic (exact) mass is 312 g/mol. The summed E-state index contributed by atoms with van der Waals surface area (Å²) in [7, 11) is 0. The molecule has 0 saturated carbocycles. The molecular formula is C14H18BrFN2. The summed E-state index contributed by atoms with van der Waals surface area (Å²) in [5, 5.41) is 3.44. The van der Waals surface area contributed by atoms with E-state index >= 15 is 0 Å². The highest BCUT2D eigenvalue weighted by atomic mass is 79.9. The normalized spacial score (nSPS) is 29.5. The summed E-state index contributed by atoms with van der Waals surface area (Å²) in [6, 6.07) is 5.55. The third-order valence-corrected chi connectivity index (χ3v) is 4.87. The molecule has 0 aromatic heterocycles. The van der Waals surface area contributed by atoms with E-state index in [9.17, 15) is 4.39 Å². The number of fused-ring (bicyclic) bond motifs is 1. The van der Waals surface area contributed by atoms with E-state index in [0.29, 0.717) is 0 Å². The molecule has 0 aliphatic carbocycles. The number of halogens is 2. The van der Waals surface area contributed by atoms with E-state index in [-0.39, 0.29) is 11.9 Å². The Bertz CT molecular complexity index is 439. The Kier molecular flexibility index (Phi) is 3.43. The zero-order valence-corrected chi connectivity index (χ0v) is 12.1. The number of rotatable bonds is 2. The molecule has 18 heavy (non-hydrogen) atoms. The van der Waals surface area contributed by atoms with Crippen LogP contribution >= 0.6 is 15.9 Å². The van der Waals surface area contributed by atoms with Gasteiger partial charge in [-0.05, 0) is 44.0 Å². The fourth-order valence-electron chi connectivity index (χ4n) is 3.24. The molecule has 1 aromatic rings. The number of nitrogens with zero attached hydrogens (tertiary/aromatic N) is 1. The quantitative estimate of drug-likeness (QED) is 0.903.